The molecular weight excluding hydrogens is 216 g/mol. The van der Waals surface area contributed by atoms with Crippen molar-refractivity contribution < 1.29 is 14.7 Å². The summed E-state index contributed by atoms with van der Waals surface area (Å²) in [5.74, 6) is -1.02. The van der Waals surface area contributed by atoms with E-state index in [1.807, 2.05) is 13.8 Å². The fourth-order valence-electron chi connectivity index (χ4n) is 2.38. The molecule has 0 aromatic heterocycles. The molecule has 3 heteroatoms. The minimum atomic E-state index is -1.19. The number of fused-ring (bicyclic) bond motifs is 1. The van der Waals surface area contributed by atoms with Gasteiger partial charge in [0, 0.05) is 11.1 Å². The van der Waals surface area contributed by atoms with Crippen molar-refractivity contribution in [1.29, 1.82) is 0 Å². The molecule has 0 fully saturated rings. The topological polar surface area (TPSA) is 54.4 Å². The lowest BCUT2D eigenvalue weighted by Gasteiger charge is -2.30. The summed E-state index contributed by atoms with van der Waals surface area (Å²) in [4.78, 5) is 24.3. The molecule has 90 valence electrons. The molecule has 2 rings (SSSR count). The van der Waals surface area contributed by atoms with Crippen molar-refractivity contribution >= 4 is 11.6 Å². The van der Waals surface area contributed by atoms with E-state index in [9.17, 15) is 14.7 Å². The van der Waals surface area contributed by atoms with Gasteiger partial charge in [-0.15, -0.1) is 0 Å². The molecule has 2 unspecified atom stereocenters. The van der Waals surface area contributed by atoms with Crippen LogP contribution in [0.25, 0.3) is 0 Å². The lowest BCUT2D eigenvalue weighted by Crippen LogP contribution is -2.43. The zero-order valence-corrected chi connectivity index (χ0v) is 10.0. The van der Waals surface area contributed by atoms with Crippen molar-refractivity contribution in [2.75, 3.05) is 0 Å². The van der Waals surface area contributed by atoms with Crippen LogP contribution in [-0.4, -0.2) is 22.8 Å². The van der Waals surface area contributed by atoms with Gasteiger partial charge in [0.25, 0.3) is 0 Å². The number of carbonyl (C=O) groups excluding carboxylic acids is 2. The van der Waals surface area contributed by atoms with Gasteiger partial charge in [0.15, 0.2) is 11.6 Å². The Morgan fingerprint density at radius 2 is 1.71 bits per heavy atom. The van der Waals surface area contributed by atoms with E-state index in [1.165, 1.54) is 0 Å². The molecule has 0 spiro atoms. The standard InChI is InChI=1S/C14H16O3/c1-3-8(2)11-12(15)9-6-4-5-7-10(9)13(16)14(11)17/h4-8,11,14,17H,3H2,1-2H3/t8?,11-,14?/m0/s1. The first-order valence-corrected chi connectivity index (χ1v) is 5.93. The third-order valence-corrected chi connectivity index (χ3v) is 3.63. The highest BCUT2D eigenvalue weighted by molar-refractivity contribution is 6.17. The normalized spacial score (nSPS) is 25.6. The number of aliphatic hydroxyl groups is 1. The van der Waals surface area contributed by atoms with E-state index >= 15 is 0 Å². The SMILES string of the molecule is CCC(C)[C@H]1C(=O)c2ccccc2C(=O)C1O. The summed E-state index contributed by atoms with van der Waals surface area (Å²) in [5.41, 5.74) is 0.803. The largest absolute Gasteiger partial charge is 0.384 e. The molecule has 1 aliphatic rings. The average Bonchev–Trinajstić information content (AvgIpc) is 2.36. The Kier molecular flexibility index (Phi) is 3.11. The molecule has 17 heavy (non-hydrogen) atoms. The fourth-order valence-corrected chi connectivity index (χ4v) is 2.38. The Labute approximate surface area is 100 Å². The van der Waals surface area contributed by atoms with Crippen LogP contribution in [0.5, 0.6) is 0 Å². The second-order valence-electron chi connectivity index (χ2n) is 4.63. The van der Waals surface area contributed by atoms with Crippen molar-refractivity contribution in [2.45, 2.75) is 26.4 Å². The van der Waals surface area contributed by atoms with Crippen molar-refractivity contribution in [3.05, 3.63) is 35.4 Å². The predicted molar refractivity (Wildman–Crippen MR) is 64.1 cm³/mol. The van der Waals surface area contributed by atoms with E-state index in [0.717, 1.165) is 6.42 Å². The summed E-state index contributed by atoms with van der Waals surface area (Å²) in [7, 11) is 0. The average molecular weight is 232 g/mol. The number of benzene rings is 1. The highest BCUT2D eigenvalue weighted by Crippen LogP contribution is 2.31. The summed E-state index contributed by atoms with van der Waals surface area (Å²) in [5, 5.41) is 9.99. The predicted octanol–water partition coefficient (Wildman–Crippen LogP) is 2.09. The van der Waals surface area contributed by atoms with Gasteiger partial charge in [0.05, 0.1) is 5.92 Å². The van der Waals surface area contributed by atoms with Crippen LogP contribution >= 0.6 is 0 Å². The molecule has 0 saturated carbocycles. The molecule has 3 atom stereocenters. The van der Waals surface area contributed by atoms with Crippen LogP contribution in [0.3, 0.4) is 0 Å². The van der Waals surface area contributed by atoms with Gasteiger partial charge in [0.1, 0.15) is 6.10 Å². The molecule has 3 nitrogen and oxygen atoms in total. The van der Waals surface area contributed by atoms with Crippen molar-refractivity contribution in [3.63, 3.8) is 0 Å². The van der Waals surface area contributed by atoms with E-state index in [1.54, 1.807) is 24.3 Å². The highest BCUT2D eigenvalue weighted by atomic mass is 16.3. The number of aliphatic hydroxyl groups excluding tert-OH is 1. The maximum Gasteiger partial charge on any atom is 0.192 e. The molecule has 0 amide bonds. The van der Waals surface area contributed by atoms with Gasteiger partial charge in [0.2, 0.25) is 0 Å². The van der Waals surface area contributed by atoms with E-state index < -0.39 is 12.0 Å². The molecule has 1 aromatic carbocycles. The number of rotatable bonds is 2. The first-order valence-electron chi connectivity index (χ1n) is 5.93. The lowest BCUT2D eigenvalue weighted by atomic mass is 9.73. The molecule has 0 heterocycles. The molecule has 0 bridgehead atoms. The molecule has 1 N–H and O–H groups in total. The maximum atomic E-state index is 12.3. The Hall–Kier alpha value is -1.48. The summed E-state index contributed by atoms with van der Waals surface area (Å²) in [6.45, 7) is 3.85. The van der Waals surface area contributed by atoms with Gasteiger partial charge in [-0.3, -0.25) is 9.59 Å². The number of hydrogen-bond acceptors (Lipinski definition) is 3. The van der Waals surface area contributed by atoms with E-state index in [0.29, 0.717) is 11.1 Å². The molecular formula is C14H16O3. The van der Waals surface area contributed by atoms with Crippen LogP contribution in [0.15, 0.2) is 24.3 Å². The van der Waals surface area contributed by atoms with Gasteiger partial charge in [-0.05, 0) is 5.92 Å². The van der Waals surface area contributed by atoms with Crippen molar-refractivity contribution in [1.82, 2.24) is 0 Å². The summed E-state index contributed by atoms with van der Waals surface area (Å²) < 4.78 is 0. The second-order valence-corrected chi connectivity index (χ2v) is 4.63. The first-order chi connectivity index (χ1) is 8.07. The van der Waals surface area contributed by atoms with Crippen molar-refractivity contribution in [3.8, 4) is 0 Å². The number of ketones is 2. The van der Waals surface area contributed by atoms with E-state index in [-0.39, 0.29) is 17.5 Å². The maximum absolute atomic E-state index is 12.3. The summed E-state index contributed by atoms with van der Waals surface area (Å²) in [6, 6.07) is 6.72. The van der Waals surface area contributed by atoms with Crippen LogP contribution in [0, 0.1) is 11.8 Å². The third-order valence-electron chi connectivity index (χ3n) is 3.63. The van der Waals surface area contributed by atoms with Gasteiger partial charge in [-0.25, -0.2) is 0 Å². The Balaban J connectivity index is 2.51. The summed E-state index contributed by atoms with van der Waals surface area (Å²) in [6.07, 6.45) is -0.421. The number of Topliss-reactive ketones (excluding diaryl/α,β-unsaturated/α-hetero) is 2. The smallest absolute Gasteiger partial charge is 0.192 e. The quantitative estimate of drug-likeness (QED) is 0.849. The zero-order chi connectivity index (χ0) is 12.6. The van der Waals surface area contributed by atoms with Crippen LogP contribution in [-0.2, 0) is 0 Å². The Morgan fingerprint density at radius 1 is 1.18 bits per heavy atom. The van der Waals surface area contributed by atoms with Crippen LogP contribution in [0.1, 0.15) is 41.0 Å². The highest BCUT2D eigenvalue weighted by Gasteiger charge is 2.42. The molecule has 0 aliphatic heterocycles. The molecule has 0 radical (unpaired) electrons. The number of hydrogen-bond donors (Lipinski definition) is 1. The lowest BCUT2D eigenvalue weighted by molar-refractivity contribution is 0.0406. The van der Waals surface area contributed by atoms with E-state index in [4.69, 9.17) is 0 Å². The minimum Gasteiger partial charge on any atom is -0.384 e. The van der Waals surface area contributed by atoms with Crippen LogP contribution in [0.4, 0.5) is 0 Å². The van der Waals surface area contributed by atoms with Gasteiger partial charge < -0.3 is 5.11 Å². The minimum absolute atomic E-state index is 0.00908. The molecule has 0 saturated heterocycles. The monoisotopic (exact) mass is 232 g/mol. The van der Waals surface area contributed by atoms with Crippen molar-refractivity contribution in [2.24, 2.45) is 11.8 Å². The first kappa shape index (κ1) is 12.0. The van der Waals surface area contributed by atoms with Gasteiger partial charge in [-0.1, -0.05) is 44.5 Å². The third kappa shape index (κ3) is 1.80. The zero-order valence-electron chi connectivity index (χ0n) is 10.0. The fraction of sp³-hybridized carbons (Fsp3) is 0.429. The Bertz CT molecular complexity index is 464. The van der Waals surface area contributed by atoms with Gasteiger partial charge in [-0.2, -0.15) is 0 Å². The molecule has 1 aromatic rings. The van der Waals surface area contributed by atoms with E-state index in [2.05, 4.69) is 0 Å². The Morgan fingerprint density at radius 3 is 2.24 bits per heavy atom. The molecule has 1 aliphatic carbocycles. The summed E-state index contributed by atoms with van der Waals surface area (Å²) >= 11 is 0. The second kappa shape index (κ2) is 4.41. The van der Waals surface area contributed by atoms with Gasteiger partial charge >= 0.3 is 0 Å². The van der Waals surface area contributed by atoms with Crippen LogP contribution < -0.4 is 0 Å². The number of carbonyl (C=O) groups is 2. The van der Waals surface area contributed by atoms with Crippen LogP contribution in [0.2, 0.25) is 0 Å².